The molecule has 1 aliphatic heterocycles. The number of piperidine rings is 1. The van der Waals surface area contributed by atoms with Crippen molar-refractivity contribution in [2.24, 2.45) is 0 Å². The van der Waals surface area contributed by atoms with Crippen molar-refractivity contribution < 1.29 is 27.1 Å². The van der Waals surface area contributed by atoms with E-state index in [1.807, 2.05) is 0 Å². The van der Waals surface area contributed by atoms with E-state index in [-0.39, 0.29) is 19.4 Å². The van der Waals surface area contributed by atoms with E-state index in [1.165, 1.54) is 11.0 Å². The summed E-state index contributed by atoms with van der Waals surface area (Å²) >= 11 is 0. The van der Waals surface area contributed by atoms with E-state index >= 15 is 4.39 Å². The van der Waals surface area contributed by atoms with E-state index in [9.17, 15) is 18.0 Å². The van der Waals surface area contributed by atoms with Gasteiger partial charge in [0.15, 0.2) is 15.5 Å². The van der Waals surface area contributed by atoms with Gasteiger partial charge in [-0.05, 0) is 34.6 Å². The van der Waals surface area contributed by atoms with Crippen LogP contribution in [0.4, 0.5) is 9.18 Å². The predicted octanol–water partition coefficient (Wildman–Crippen LogP) is 2.18. The zero-order valence-corrected chi connectivity index (χ0v) is 17.0. The van der Waals surface area contributed by atoms with Gasteiger partial charge in [-0.15, -0.1) is 0 Å². The smallest absolute Gasteiger partial charge is 0.410 e. The van der Waals surface area contributed by atoms with Gasteiger partial charge in [0.25, 0.3) is 5.91 Å². The Kier molecular flexibility index (Phi) is 6.84. The second-order valence-electron chi connectivity index (χ2n) is 7.86. The summed E-state index contributed by atoms with van der Waals surface area (Å²) in [6.45, 7) is 8.53. The van der Waals surface area contributed by atoms with Crippen molar-refractivity contribution in [1.82, 2.24) is 10.2 Å². The van der Waals surface area contributed by atoms with E-state index in [1.54, 1.807) is 34.6 Å². The lowest BCUT2D eigenvalue weighted by molar-refractivity contribution is -0.137. The monoisotopic (exact) mass is 392 g/mol. The molecule has 26 heavy (non-hydrogen) atoms. The number of sulfone groups is 1. The highest BCUT2D eigenvalue weighted by molar-refractivity contribution is 7.93. The summed E-state index contributed by atoms with van der Waals surface area (Å²) in [4.78, 5) is 25.9. The van der Waals surface area contributed by atoms with Gasteiger partial charge in [-0.1, -0.05) is 6.08 Å². The molecule has 0 aromatic heterocycles. The van der Waals surface area contributed by atoms with Gasteiger partial charge >= 0.3 is 6.09 Å². The summed E-state index contributed by atoms with van der Waals surface area (Å²) in [5.41, 5.74) is -2.77. The Hall–Kier alpha value is -1.64. The molecule has 0 bridgehead atoms. The molecule has 150 valence electrons. The molecule has 1 N–H and O–H groups in total. The fraction of sp³-hybridized carbons (Fsp3) is 0.765. The quantitative estimate of drug-likeness (QED) is 0.792. The summed E-state index contributed by atoms with van der Waals surface area (Å²) in [6, 6.07) is -1.14. The van der Waals surface area contributed by atoms with Gasteiger partial charge in [0.1, 0.15) is 5.60 Å². The first-order valence-electron chi connectivity index (χ1n) is 8.51. The van der Waals surface area contributed by atoms with E-state index in [0.717, 1.165) is 11.7 Å². The third-order valence-corrected chi connectivity index (χ3v) is 4.56. The number of halogens is 1. The standard InChI is InChI=1S/C17H29FN2O5S/c1-12(7-10-26(6,23)24)19-14(21)17(18)8-9-20(13(2)11-17)15(22)25-16(3,4)5/h7,10,12-13H,8-9,11H2,1-6H3,(H,19,21)/b10-7-/t12-,13+,17-/m1/s1. The molecule has 0 radical (unpaired) electrons. The lowest BCUT2D eigenvalue weighted by Crippen LogP contribution is -2.57. The molecule has 0 spiro atoms. The fourth-order valence-electron chi connectivity index (χ4n) is 2.64. The van der Waals surface area contributed by atoms with Crippen LogP contribution in [0.3, 0.4) is 0 Å². The summed E-state index contributed by atoms with van der Waals surface area (Å²) < 4.78 is 42.6. The fourth-order valence-corrected chi connectivity index (χ4v) is 3.16. The van der Waals surface area contributed by atoms with Gasteiger partial charge < -0.3 is 15.0 Å². The highest BCUT2D eigenvalue weighted by Gasteiger charge is 2.46. The van der Waals surface area contributed by atoms with Crippen LogP contribution in [0.1, 0.15) is 47.5 Å². The number of nitrogens with zero attached hydrogens (tertiary/aromatic N) is 1. The largest absolute Gasteiger partial charge is 0.444 e. The minimum absolute atomic E-state index is 0.0631. The highest BCUT2D eigenvalue weighted by Crippen LogP contribution is 2.32. The summed E-state index contributed by atoms with van der Waals surface area (Å²) in [6.07, 6.45) is 1.49. The van der Waals surface area contributed by atoms with Crippen LogP contribution in [0.15, 0.2) is 11.5 Å². The molecule has 1 fully saturated rings. The number of alkyl halides is 1. The number of likely N-dealkylation sites (tertiary alicyclic amines) is 1. The number of hydrogen-bond donors (Lipinski definition) is 1. The lowest BCUT2D eigenvalue weighted by atomic mass is 9.87. The van der Waals surface area contributed by atoms with Gasteiger partial charge in [0.05, 0.1) is 0 Å². The molecule has 1 rings (SSSR count). The first-order valence-corrected chi connectivity index (χ1v) is 10.5. The number of nitrogens with one attached hydrogen (secondary N) is 1. The van der Waals surface area contributed by atoms with Crippen molar-refractivity contribution in [2.75, 3.05) is 12.8 Å². The number of carbonyl (C=O) groups is 2. The molecule has 0 aliphatic carbocycles. The Morgan fingerprint density at radius 3 is 2.42 bits per heavy atom. The Morgan fingerprint density at radius 2 is 1.96 bits per heavy atom. The van der Waals surface area contributed by atoms with Crippen LogP contribution < -0.4 is 5.32 Å². The summed E-state index contributed by atoms with van der Waals surface area (Å²) in [5.74, 6) is -0.807. The predicted molar refractivity (Wildman–Crippen MR) is 97.1 cm³/mol. The van der Waals surface area contributed by atoms with Crippen molar-refractivity contribution in [3.8, 4) is 0 Å². The van der Waals surface area contributed by atoms with Crippen molar-refractivity contribution in [1.29, 1.82) is 0 Å². The van der Waals surface area contributed by atoms with Gasteiger partial charge in [-0.3, -0.25) is 4.79 Å². The zero-order chi connectivity index (χ0) is 20.3. The number of amides is 2. The molecule has 0 aromatic carbocycles. The van der Waals surface area contributed by atoms with Gasteiger partial charge in [0, 0.05) is 43.1 Å². The molecule has 3 atom stereocenters. The maximum Gasteiger partial charge on any atom is 0.410 e. The number of rotatable bonds is 4. The minimum Gasteiger partial charge on any atom is -0.444 e. The van der Waals surface area contributed by atoms with Crippen molar-refractivity contribution in [2.45, 2.75) is 70.8 Å². The van der Waals surface area contributed by atoms with Gasteiger partial charge in [-0.2, -0.15) is 0 Å². The number of hydrogen-bond acceptors (Lipinski definition) is 5. The Morgan fingerprint density at radius 1 is 1.38 bits per heavy atom. The molecule has 0 saturated carbocycles. The average molecular weight is 392 g/mol. The van der Waals surface area contributed by atoms with Gasteiger partial charge in [-0.25, -0.2) is 17.6 Å². The van der Waals surface area contributed by atoms with Crippen molar-refractivity contribution >= 4 is 21.8 Å². The Balaban J connectivity index is 2.71. The van der Waals surface area contributed by atoms with Crippen LogP contribution in [0.2, 0.25) is 0 Å². The van der Waals surface area contributed by atoms with Gasteiger partial charge in [0.2, 0.25) is 0 Å². The molecule has 1 heterocycles. The third-order valence-electron chi connectivity index (χ3n) is 3.91. The molecule has 7 nitrogen and oxygen atoms in total. The van der Waals surface area contributed by atoms with Crippen LogP contribution in [0.25, 0.3) is 0 Å². The van der Waals surface area contributed by atoms with E-state index in [2.05, 4.69) is 5.32 Å². The van der Waals surface area contributed by atoms with E-state index in [0.29, 0.717) is 0 Å². The molecule has 0 aromatic rings. The first kappa shape index (κ1) is 22.4. The maximum atomic E-state index is 15.1. The van der Waals surface area contributed by atoms with Crippen LogP contribution in [-0.2, 0) is 19.4 Å². The average Bonchev–Trinajstić information content (AvgIpc) is 2.42. The number of carbonyl (C=O) groups excluding carboxylic acids is 2. The molecule has 2 amide bonds. The van der Waals surface area contributed by atoms with E-state index < -0.39 is 45.2 Å². The van der Waals surface area contributed by atoms with Crippen molar-refractivity contribution in [3.63, 3.8) is 0 Å². The number of ether oxygens (including phenoxy) is 1. The molecule has 1 aliphatic rings. The minimum atomic E-state index is -3.32. The molecular weight excluding hydrogens is 363 g/mol. The van der Waals surface area contributed by atoms with Crippen LogP contribution in [0, 0.1) is 0 Å². The highest BCUT2D eigenvalue weighted by atomic mass is 32.2. The second-order valence-corrected chi connectivity index (χ2v) is 9.79. The van der Waals surface area contributed by atoms with Crippen LogP contribution >= 0.6 is 0 Å². The van der Waals surface area contributed by atoms with Crippen molar-refractivity contribution in [3.05, 3.63) is 11.5 Å². The Labute approximate surface area is 154 Å². The molecular formula is C17H29FN2O5S. The first-order chi connectivity index (χ1) is 11.6. The second kappa shape index (κ2) is 7.94. The third kappa shape index (κ3) is 6.93. The summed E-state index contributed by atoms with van der Waals surface area (Å²) in [7, 11) is -3.32. The Bertz CT molecular complexity index is 671. The lowest BCUT2D eigenvalue weighted by Gasteiger charge is -2.40. The SMILES string of the molecule is C[C@H](/C=C\S(C)(=O)=O)NC(=O)[C@@]1(F)CCN(C(=O)OC(C)(C)C)[C@@H](C)C1. The topological polar surface area (TPSA) is 92.8 Å². The van der Waals surface area contributed by atoms with E-state index in [4.69, 9.17) is 4.74 Å². The molecule has 0 unspecified atom stereocenters. The normalized spacial score (nSPS) is 25.8. The van der Waals surface area contributed by atoms with Crippen LogP contribution in [0.5, 0.6) is 0 Å². The summed E-state index contributed by atoms with van der Waals surface area (Å²) in [5, 5.41) is 3.43. The molecule has 1 saturated heterocycles. The molecule has 9 heteroatoms. The zero-order valence-electron chi connectivity index (χ0n) is 16.2. The van der Waals surface area contributed by atoms with Crippen LogP contribution in [-0.4, -0.2) is 61.5 Å². The maximum absolute atomic E-state index is 15.1.